The highest BCUT2D eigenvalue weighted by Gasteiger charge is 2.32. The normalized spacial score (nSPS) is 14.4. The van der Waals surface area contributed by atoms with Gasteiger partial charge in [-0.1, -0.05) is 0 Å². The zero-order valence-electron chi connectivity index (χ0n) is 7.81. The Bertz CT molecular complexity index is 227. The molecule has 0 radical (unpaired) electrons. The van der Waals surface area contributed by atoms with Gasteiger partial charge in [0.05, 0.1) is 6.61 Å². The summed E-state index contributed by atoms with van der Waals surface area (Å²) in [5.74, 6) is -1.28. The summed E-state index contributed by atoms with van der Waals surface area (Å²) in [5.41, 5.74) is 13.9. The van der Waals surface area contributed by atoms with Crippen LogP contribution in [-0.2, 0) is 4.79 Å². The molecule has 7 nitrogen and oxygen atoms in total. The Morgan fingerprint density at radius 2 is 2.00 bits per heavy atom. The number of nitrogens with zero attached hydrogens (tertiary/aromatic N) is 1. The van der Waals surface area contributed by atoms with Crippen molar-refractivity contribution >= 4 is 11.9 Å². The number of nitrogens with two attached hydrogens (primary N) is 3. The molecular weight excluding hydrogens is 188 g/mol. The van der Waals surface area contributed by atoms with Crippen LogP contribution >= 0.6 is 0 Å². The highest BCUT2D eigenvalue weighted by Crippen LogP contribution is 2.09. The quantitative estimate of drug-likeness (QED) is 0.188. The number of aliphatic imine (C=N–C) groups is 1. The molecule has 0 spiro atoms. The maximum Gasteiger partial charge on any atom is 0.326 e. The van der Waals surface area contributed by atoms with Crippen LogP contribution in [0, 0.1) is 0 Å². The van der Waals surface area contributed by atoms with E-state index in [2.05, 4.69) is 4.99 Å². The standard InChI is InChI=1S/C7H16N4O3/c8-6(9)11-3-1-2-7(10,4-12)5(13)14/h12H,1-4,10H2,(H,13,14)(H4,8,9,11). The van der Waals surface area contributed by atoms with E-state index in [1.54, 1.807) is 0 Å². The van der Waals surface area contributed by atoms with Crippen LogP contribution in [0.5, 0.6) is 0 Å². The number of carboxylic acids is 1. The molecule has 0 saturated heterocycles. The second kappa shape index (κ2) is 5.40. The first-order chi connectivity index (χ1) is 6.42. The minimum absolute atomic E-state index is 0.0491. The van der Waals surface area contributed by atoms with Crippen LogP contribution in [-0.4, -0.2) is 40.8 Å². The number of hydrogen-bond donors (Lipinski definition) is 5. The Balaban J connectivity index is 3.97. The number of aliphatic hydroxyl groups is 1. The first-order valence-electron chi connectivity index (χ1n) is 4.11. The fourth-order valence-corrected chi connectivity index (χ4v) is 0.856. The van der Waals surface area contributed by atoms with Crippen molar-refractivity contribution in [1.29, 1.82) is 0 Å². The third-order valence-corrected chi connectivity index (χ3v) is 1.78. The first kappa shape index (κ1) is 12.7. The van der Waals surface area contributed by atoms with Crippen LogP contribution in [0.2, 0.25) is 0 Å². The predicted molar refractivity (Wildman–Crippen MR) is 51.6 cm³/mol. The van der Waals surface area contributed by atoms with E-state index in [0.717, 1.165) is 0 Å². The number of hydrogen-bond acceptors (Lipinski definition) is 4. The number of aliphatic hydroxyl groups excluding tert-OH is 1. The molecule has 0 amide bonds. The van der Waals surface area contributed by atoms with E-state index in [-0.39, 0.29) is 12.4 Å². The van der Waals surface area contributed by atoms with E-state index in [9.17, 15) is 4.79 Å². The van der Waals surface area contributed by atoms with Crippen LogP contribution in [0.4, 0.5) is 0 Å². The molecule has 0 aromatic rings. The Kier molecular flexibility index (Phi) is 4.89. The molecule has 0 bridgehead atoms. The monoisotopic (exact) mass is 204 g/mol. The first-order valence-corrected chi connectivity index (χ1v) is 4.11. The van der Waals surface area contributed by atoms with Crippen molar-refractivity contribution in [2.45, 2.75) is 18.4 Å². The van der Waals surface area contributed by atoms with Gasteiger partial charge < -0.3 is 27.4 Å². The summed E-state index contributed by atoms with van der Waals surface area (Å²) >= 11 is 0. The van der Waals surface area contributed by atoms with E-state index in [1.165, 1.54) is 0 Å². The van der Waals surface area contributed by atoms with E-state index in [0.29, 0.717) is 13.0 Å². The summed E-state index contributed by atoms with van der Waals surface area (Å²) in [7, 11) is 0. The molecule has 0 aromatic carbocycles. The third-order valence-electron chi connectivity index (χ3n) is 1.78. The minimum Gasteiger partial charge on any atom is -0.480 e. The van der Waals surface area contributed by atoms with Crippen LogP contribution in [0.1, 0.15) is 12.8 Å². The summed E-state index contributed by atoms with van der Waals surface area (Å²) in [6, 6.07) is 0. The molecule has 0 aliphatic heterocycles. The average molecular weight is 204 g/mol. The zero-order chi connectivity index (χ0) is 11.2. The molecule has 0 saturated carbocycles. The third kappa shape index (κ3) is 4.06. The average Bonchev–Trinajstić information content (AvgIpc) is 2.11. The lowest BCUT2D eigenvalue weighted by atomic mass is 9.96. The fraction of sp³-hybridized carbons (Fsp3) is 0.714. The molecule has 8 N–H and O–H groups in total. The summed E-state index contributed by atoms with van der Waals surface area (Å²) in [4.78, 5) is 14.3. The van der Waals surface area contributed by atoms with Crippen molar-refractivity contribution in [1.82, 2.24) is 0 Å². The number of carboxylic acid groups (broad SMARTS) is 1. The topological polar surface area (TPSA) is 148 Å². The Morgan fingerprint density at radius 1 is 1.43 bits per heavy atom. The summed E-state index contributed by atoms with van der Waals surface area (Å²) in [5, 5.41) is 17.4. The summed E-state index contributed by atoms with van der Waals surface area (Å²) in [6.45, 7) is -0.307. The molecular formula is C7H16N4O3. The van der Waals surface area contributed by atoms with Gasteiger partial charge in [-0.15, -0.1) is 0 Å². The van der Waals surface area contributed by atoms with Crippen LogP contribution in [0.15, 0.2) is 4.99 Å². The molecule has 1 atom stereocenters. The van der Waals surface area contributed by atoms with Gasteiger partial charge in [-0.2, -0.15) is 0 Å². The lowest BCUT2D eigenvalue weighted by Crippen LogP contribution is -2.51. The van der Waals surface area contributed by atoms with Crippen molar-refractivity contribution in [2.75, 3.05) is 13.2 Å². The molecule has 0 heterocycles. The van der Waals surface area contributed by atoms with Gasteiger partial charge in [0.1, 0.15) is 5.54 Å². The van der Waals surface area contributed by atoms with Gasteiger partial charge in [0.25, 0.3) is 0 Å². The molecule has 0 aliphatic rings. The molecule has 1 unspecified atom stereocenters. The fourth-order valence-electron chi connectivity index (χ4n) is 0.856. The van der Waals surface area contributed by atoms with Gasteiger partial charge >= 0.3 is 5.97 Å². The lowest BCUT2D eigenvalue weighted by molar-refractivity contribution is -0.145. The number of aliphatic carboxylic acids is 1. The molecule has 82 valence electrons. The number of guanidine groups is 1. The molecule has 0 rings (SSSR count). The van der Waals surface area contributed by atoms with Crippen molar-refractivity contribution in [3.8, 4) is 0 Å². The minimum atomic E-state index is -1.60. The Labute approximate surface area is 81.6 Å². The summed E-state index contributed by atoms with van der Waals surface area (Å²) in [6.07, 6.45) is 0.525. The maximum atomic E-state index is 10.6. The smallest absolute Gasteiger partial charge is 0.326 e. The van der Waals surface area contributed by atoms with Gasteiger partial charge in [0.2, 0.25) is 0 Å². The second-order valence-electron chi connectivity index (χ2n) is 3.03. The highest BCUT2D eigenvalue weighted by molar-refractivity contribution is 5.78. The van der Waals surface area contributed by atoms with E-state index < -0.39 is 18.1 Å². The second-order valence-corrected chi connectivity index (χ2v) is 3.03. The van der Waals surface area contributed by atoms with Crippen LogP contribution in [0.25, 0.3) is 0 Å². The van der Waals surface area contributed by atoms with Crippen molar-refractivity contribution in [2.24, 2.45) is 22.2 Å². The number of carbonyl (C=O) groups is 1. The number of rotatable bonds is 6. The molecule has 7 heteroatoms. The largest absolute Gasteiger partial charge is 0.480 e. The molecule has 14 heavy (non-hydrogen) atoms. The molecule has 0 aliphatic carbocycles. The predicted octanol–water partition coefficient (Wildman–Crippen LogP) is -2.19. The molecule has 0 aromatic heterocycles. The Hall–Kier alpha value is -1.34. The SMILES string of the molecule is NC(N)=NCCCC(N)(CO)C(=O)O. The van der Waals surface area contributed by atoms with E-state index >= 15 is 0 Å². The van der Waals surface area contributed by atoms with Gasteiger partial charge in [-0.05, 0) is 12.8 Å². The summed E-state index contributed by atoms with van der Waals surface area (Å²) < 4.78 is 0. The zero-order valence-corrected chi connectivity index (χ0v) is 7.81. The van der Waals surface area contributed by atoms with Crippen LogP contribution in [0.3, 0.4) is 0 Å². The van der Waals surface area contributed by atoms with E-state index in [1.807, 2.05) is 0 Å². The lowest BCUT2D eigenvalue weighted by Gasteiger charge is -2.21. The van der Waals surface area contributed by atoms with Gasteiger partial charge in [-0.3, -0.25) is 9.79 Å². The highest BCUT2D eigenvalue weighted by atomic mass is 16.4. The maximum absolute atomic E-state index is 10.6. The van der Waals surface area contributed by atoms with Gasteiger partial charge in [0.15, 0.2) is 5.96 Å². The van der Waals surface area contributed by atoms with Gasteiger partial charge in [-0.25, -0.2) is 0 Å². The van der Waals surface area contributed by atoms with Gasteiger partial charge in [0, 0.05) is 6.54 Å². The molecule has 0 fully saturated rings. The Morgan fingerprint density at radius 3 is 2.36 bits per heavy atom. The van der Waals surface area contributed by atoms with Crippen LogP contribution < -0.4 is 17.2 Å². The van der Waals surface area contributed by atoms with Crippen molar-refractivity contribution in [3.05, 3.63) is 0 Å². The van der Waals surface area contributed by atoms with Crippen molar-refractivity contribution < 1.29 is 15.0 Å². The van der Waals surface area contributed by atoms with E-state index in [4.69, 9.17) is 27.4 Å². The van der Waals surface area contributed by atoms with Crippen molar-refractivity contribution in [3.63, 3.8) is 0 Å².